The van der Waals surface area contributed by atoms with Gasteiger partial charge in [0.2, 0.25) is 0 Å². The van der Waals surface area contributed by atoms with Crippen LogP contribution in [-0.4, -0.2) is 70.3 Å². The Balaban J connectivity index is 1.64. The minimum atomic E-state index is 0.00737. The zero-order valence-electron chi connectivity index (χ0n) is 14.9. The summed E-state index contributed by atoms with van der Waals surface area (Å²) in [5.74, 6) is 1.02. The lowest BCUT2D eigenvalue weighted by molar-refractivity contribution is 0.0701. The Kier molecular flexibility index (Phi) is 5.40. The van der Waals surface area contributed by atoms with Crippen molar-refractivity contribution in [3.8, 4) is 0 Å². The Hall–Kier alpha value is -1.60. The summed E-state index contributed by atoms with van der Waals surface area (Å²) < 4.78 is 7.72. The van der Waals surface area contributed by atoms with Gasteiger partial charge in [0.25, 0.3) is 0 Å². The molecule has 7 nitrogen and oxygen atoms in total. The molecule has 1 aromatic rings. The molecule has 0 saturated carbocycles. The first kappa shape index (κ1) is 17.2. The number of rotatable bonds is 4. The highest BCUT2D eigenvalue weighted by atomic mass is 16.5. The number of likely N-dealkylation sites (N-methyl/N-ethyl adjacent to an activating group) is 1. The van der Waals surface area contributed by atoms with Gasteiger partial charge in [0.15, 0.2) is 0 Å². The summed E-state index contributed by atoms with van der Waals surface area (Å²) in [6, 6.07) is 0.205. The highest BCUT2D eigenvalue weighted by Gasteiger charge is 2.33. The van der Waals surface area contributed by atoms with Crippen LogP contribution in [-0.2, 0) is 11.8 Å². The molecule has 2 saturated heterocycles. The second kappa shape index (κ2) is 7.53. The van der Waals surface area contributed by atoms with Crippen molar-refractivity contribution in [2.24, 2.45) is 7.05 Å². The van der Waals surface area contributed by atoms with E-state index in [1.165, 1.54) is 0 Å². The van der Waals surface area contributed by atoms with Crippen molar-refractivity contribution in [3.05, 3.63) is 18.2 Å². The first-order valence-corrected chi connectivity index (χ1v) is 8.98. The fourth-order valence-corrected chi connectivity index (χ4v) is 3.70. The Labute approximate surface area is 144 Å². The third kappa shape index (κ3) is 3.57. The van der Waals surface area contributed by atoms with Crippen LogP contribution < -0.4 is 5.32 Å². The maximum absolute atomic E-state index is 12.7. The highest BCUT2D eigenvalue weighted by molar-refractivity contribution is 5.74. The minimum absolute atomic E-state index is 0.00737. The molecule has 0 aromatic carbocycles. The maximum Gasteiger partial charge on any atom is 0.317 e. The van der Waals surface area contributed by atoms with Crippen molar-refractivity contribution in [1.82, 2.24) is 24.7 Å². The fourth-order valence-electron chi connectivity index (χ4n) is 3.70. The number of urea groups is 1. The third-order valence-electron chi connectivity index (χ3n) is 5.21. The van der Waals surface area contributed by atoms with Gasteiger partial charge in [0.05, 0.1) is 18.2 Å². The van der Waals surface area contributed by atoms with Crippen LogP contribution in [0.15, 0.2) is 12.4 Å². The van der Waals surface area contributed by atoms with E-state index in [9.17, 15) is 4.79 Å². The summed E-state index contributed by atoms with van der Waals surface area (Å²) in [7, 11) is 2.01. The molecule has 2 fully saturated rings. The molecule has 2 aliphatic rings. The highest BCUT2D eigenvalue weighted by Crippen LogP contribution is 2.24. The number of nitrogens with one attached hydrogen (secondary N) is 1. The van der Waals surface area contributed by atoms with Crippen LogP contribution in [0.4, 0.5) is 4.79 Å². The zero-order valence-corrected chi connectivity index (χ0v) is 14.9. The summed E-state index contributed by atoms with van der Waals surface area (Å²) in [6.45, 7) is 8.25. The zero-order chi connectivity index (χ0) is 17.1. The molecule has 7 heteroatoms. The minimum Gasteiger partial charge on any atom is -0.376 e. The van der Waals surface area contributed by atoms with E-state index in [1.54, 1.807) is 0 Å². The van der Waals surface area contributed by atoms with Crippen LogP contribution in [0.2, 0.25) is 0 Å². The molecule has 0 spiro atoms. The Morgan fingerprint density at radius 3 is 2.96 bits per heavy atom. The van der Waals surface area contributed by atoms with Crippen LogP contribution in [0.5, 0.6) is 0 Å². The van der Waals surface area contributed by atoms with Crippen LogP contribution >= 0.6 is 0 Å². The van der Waals surface area contributed by atoms with Crippen molar-refractivity contribution in [2.75, 3.05) is 32.8 Å². The Bertz CT molecular complexity index is 555. The first-order valence-electron chi connectivity index (χ1n) is 8.98. The van der Waals surface area contributed by atoms with Gasteiger partial charge in [-0.2, -0.15) is 0 Å². The van der Waals surface area contributed by atoms with Crippen LogP contribution in [0.1, 0.15) is 38.6 Å². The molecular weight excluding hydrogens is 306 g/mol. The molecule has 0 bridgehead atoms. The van der Waals surface area contributed by atoms with Gasteiger partial charge >= 0.3 is 6.03 Å². The van der Waals surface area contributed by atoms with Crippen molar-refractivity contribution >= 4 is 6.03 Å². The van der Waals surface area contributed by atoms with Crippen LogP contribution in [0.25, 0.3) is 0 Å². The Morgan fingerprint density at radius 1 is 1.50 bits per heavy atom. The standard InChI is InChI=1S/C17H29N5O2/c1-4-21-9-10-22(12-14(21)16-18-7-8-20(16)3)17(23)19-13(2)15-6-5-11-24-15/h7-8,13-15H,4-6,9-12H2,1-3H3,(H,19,23). The quantitative estimate of drug-likeness (QED) is 0.903. The molecule has 2 amide bonds. The number of amides is 2. The van der Waals surface area contributed by atoms with E-state index in [0.717, 1.165) is 44.9 Å². The molecule has 2 aliphatic heterocycles. The molecule has 0 radical (unpaired) electrons. The van der Waals surface area contributed by atoms with Crippen molar-refractivity contribution < 1.29 is 9.53 Å². The molecule has 1 aromatic heterocycles. The topological polar surface area (TPSA) is 62.6 Å². The van der Waals surface area contributed by atoms with E-state index >= 15 is 0 Å². The summed E-state index contributed by atoms with van der Waals surface area (Å²) in [5.41, 5.74) is 0. The van der Waals surface area contributed by atoms with Crippen molar-refractivity contribution in [1.29, 1.82) is 0 Å². The number of hydrogen-bond acceptors (Lipinski definition) is 4. The molecule has 3 heterocycles. The lowest BCUT2D eigenvalue weighted by Gasteiger charge is -2.41. The number of aromatic nitrogens is 2. The number of hydrogen-bond donors (Lipinski definition) is 1. The second-order valence-corrected chi connectivity index (χ2v) is 6.78. The molecule has 3 unspecified atom stereocenters. The molecular formula is C17H29N5O2. The number of carbonyl (C=O) groups excluding carboxylic acids is 1. The average molecular weight is 335 g/mol. The normalized spacial score (nSPS) is 26.5. The number of ether oxygens (including phenoxy) is 1. The monoisotopic (exact) mass is 335 g/mol. The molecule has 1 N–H and O–H groups in total. The molecule has 3 atom stereocenters. The molecule has 3 rings (SSSR count). The lowest BCUT2D eigenvalue weighted by Crippen LogP contribution is -2.55. The molecule has 0 aliphatic carbocycles. The van der Waals surface area contributed by atoms with Crippen LogP contribution in [0.3, 0.4) is 0 Å². The summed E-state index contributed by atoms with van der Waals surface area (Å²) in [5, 5.41) is 3.12. The van der Waals surface area contributed by atoms with Gasteiger partial charge in [-0.25, -0.2) is 9.78 Å². The SMILES string of the molecule is CCN1CCN(C(=O)NC(C)C2CCCO2)CC1c1nccn1C. The van der Waals surface area contributed by atoms with Crippen LogP contribution in [0, 0.1) is 0 Å². The van der Waals surface area contributed by atoms with Crippen molar-refractivity contribution in [2.45, 2.75) is 44.9 Å². The van der Waals surface area contributed by atoms with Gasteiger partial charge in [0, 0.05) is 45.7 Å². The third-order valence-corrected chi connectivity index (χ3v) is 5.21. The van der Waals surface area contributed by atoms with Gasteiger partial charge in [-0.15, -0.1) is 0 Å². The van der Waals surface area contributed by atoms with E-state index in [0.29, 0.717) is 6.54 Å². The number of aryl methyl sites for hydroxylation is 1. The Morgan fingerprint density at radius 2 is 2.33 bits per heavy atom. The van der Waals surface area contributed by atoms with E-state index < -0.39 is 0 Å². The first-order chi connectivity index (χ1) is 11.6. The number of imidazole rings is 1. The molecule has 134 valence electrons. The van der Waals surface area contributed by atoms with Gasteiger partial charge in [-0.3, -0.25) is 4.90 Å². The van der Waals surface area contributed by atoms with Gasteiger partial charge in [-0.1, -0.05) is 6.92 Å². The summed E-state index contributed by atoms with van der Waals surface area (Å²) >= 11 is 0. The van der Waals surface area contributed by atoms with Gasteiger partial charge in [0.1, 0.15) is 5.82 Å². The average Bonchev–Trinajstić information content (AvgIpc) is 3.25. The largest absolute Gasteiger partial charge is 0.376 e. The number of nitrogens with zero attached hydrogens (tertiary/aromatic N) is 4. The van der Waals surface area contributed by atoms with E-state index in [4.69, 9.17) is 4.74 Å². The van der Waals surface area contributed by atoms with Gasteiger partial charge < -0.3 is 19.5 Å². The molecule has 24 heavy (non-hydrogen) atoms. The van der Waals surface area contributed by atoms with E-state index in [-0.39, 0.29) is 24.2 Å². The number of piperazine rings is 1. The smallest absolute Gasteiger partial charge is 0.317 e. The fraction of sp³-hybridized carbons (Fsp3) is 0.765. The van der Waals surface area contributed by atoms with E-state index in [1.807, 2.05) is 35.8 Å². The number of carbonyl (C=O) groups is 1. The maximum atomic E-state index is 12.7. The lowest BCUT2D eigenvalue weighted by atomic mass is 10.1. The predicted octanol–water partition coefficient (Wildman–Crippen LogP) is 1.38. The summed E-state index contributed by atoms with van der Waals surface area (Å²) in [4.78, 5) is 21.5. The van der Waals surface area contributed by atoms with Gasteiger partial charge in [-0.05, 0) is 26.3 Å². The summed E-state index contributed by atoms with van der Waals surface area (Å²) in [6.07, 6.45) is 6.04. The van der Waals surface area contributed by atoms with Crippen molar-refractivity contribution in [3.63, 3.8) is 0 Å². The van der Waals surface area contributed by atoms with E-state index in [2.05, 4.69) is 22.1 Å². The second-order valence-electron chi connectivity index (χ2n) is 6.78. The predicted molar refractivity (Wildman–Crippen MR) is 91.7 cm³/mol.